The fourth-order valence-corrected chi connectivity index (χ4v) is 1.63. The molecule has 0 saturated carbocycles. The van der Waals surface area contributed by atoms with Crippen molar-refractivity contribution in [1.29, 1.82) is 5.26 Å². The summed E-state index contributed by atoms with van der Waals surface area (Å²) in [5.41, 5.74) is -0.251. The quantitative estimate of drug-likeness (QED) is 0.809. The maximum Gasteiger partial charge on any atom is 0.150 e. The third kappa shape index (κ3) is 3.25. The largest absolute Gasteiger partial charge is 0.380 e. The van der Waals surface area contributed by atoms with Crippen LogP contribution in [0, 0.1) is 23.0 Å². The van der Waals surface area contributed by atoms with Crippen LogP contribution in [-0.2, 0) is 6.42 Å². The van der Waals surface area contributed by atoms with Gasteiger partial charge in [-0.2, -0.15) is 10.4 Å². The molecule has 0 bridgehead atoms. The molecule has 0 saturated heterocycles. The van der Waals surface area contributed by atoms with Gasteiger partial charge >= 0.3 is 0 Å². The fourth-order valence-electron chi connectivity index (χ4n) is 1.63. The molecule has 2 N–H and O–H groups in total. The number of nitriles is 1. The highest BCUT2D eigenvalue weighted by molar-refractivity contribution is 5.50. The molecular weight excluding hydrogens is 252 g/mol. The second-order valence-corrected chi connectivity index (χ2v) is 3.89. The van der Waals surface area contributed by atoms with E-state index in [1.54, 1.807) is 6.07 Å². The number of anilines is 1. The van der Waals surface area contributed by atoms with Crippen molar-refractivity contribution in [3.8, 4) is 6.07 Å². The number of hydrogen-bond acceptors (Lipinski definition) is 4. The number of aromatic nitrogens is 3. The standard InChI is InChI=1S/C12H11F2N5/c13-9-4-8(6-15)5-10(14)12(9)16-3-1-2-11-17-7-18-19-11/h4-5,7,16H,1-3H2,(H,17,18,19). The summed E-state index contributed by atoms with van der Waals surface area (Å²) in [6, 6.07) is 3.70. The minimum atomic E-state index is -0.767. The van der Waals surface area contributed by atoms with Crippen molar-refractivity contribution in [2.45, 2.75) is 12.8 Å². The molecule has 19 heavy (non-hydrogen) atoms. The molecule has 0 atom stereocenters. The summed E-state index contributed by atoms with van der Waals surface area (Å²) >= 11 is 0. The maximum absolute atomic E-state index is 13.5. The Balaban J connectivity index is 1.91. The van der Waals surface area contributed by atoms with E-state index in [0.29, 0.717) is 19.4 Å². The number of nitrogens with zero attached hydrogens (tertiary/aromatic N) is 3. The average molecular weight is 263 g/mol. The van der Waals surface area contributed by atoms with Gasteiger partial charge in [-0.1, -0.05) is 0 Å². The second-order valence-electron chi connectivity index (χ2n) is 3.89. The van der Waals surface area contributed by atoms with E-state index in [4.69, 9.17) is 5.26 Å². The molecule has 0 aliphatic heterocycles. The Morgan fingerprint density at radius 1 is 1.32 bits per heavy atom. The zero-order valence-electron chi connectivity index (χ0n) is 9.95. The summed E-state index contributed by atoms with van der Waals surface area (Å²) in [6.45, 7) is 0.389. The van der Waals surface area contributed by atoms with Crippen molar-refractivity contribution in [3.05, 3.63) is 41.5 Å². The fraction of sp³-hybridized carbons (Fsp3) is 0.250. The van der Waals surface area contributed by atoms with Crippen LogP contribution in [-0.4, -0.2) is 21.7 Å². The van der Waals surface area contributed by atoms with E-state index < -0.39 is 11.6 Å². The van der Waals surface area contributed by atoms with Crippen LogP contribution in [0.25, 0.3) is 0 Å². The Kier molecular flexibility index (Phi) is 4.03. The first kappa shape index (κ1) is 13.0. The van der Waals surface area contributed by atoms with Crippen LogP contribution in [0.5, 0.6) is 0 Å². The van der Waals surface area contributed by atoms with Crippen LogP contribution < -0.4 is 5.32 Å². The van der Waals surface area contributed by atoms with Crippen LogP contribution in [0.4, 0.5) is 14.5 Å². The molecule has 2 rings (SSSR count). The molecule has 1 aromatic carbocycles. The maximum atomic E-state index is 13.5. The van der Waals surface area contributed by atoms with Crippen molar-refractivity contribution in [2.75, 3.05) is 11.9 Å². The first-order valence-electron chi connectivity index (χ1n) is 5.68. The van der Waals surface area contributed by atoms with Gasteiger partial charge in [-0.05, 0) is 18.6 Å². The van der Waals surface area contributed by atoms with Crippen molar-refractivity contribution < 1.29 is 8.78 Å². The van der Waals surface area contributed by atoms with E-state index in [2.05, 4.69) is 20.5 Å². The Labute approximate surface area is 108 Å². The van der Waals surface area contributed by atoms with Crippen LogP contribution in [0.2, 0.25) is 0 Å². The minimum Gasteiger partial charge on any atom is -0.380 e. The molecule has 98 valence electrons. The normalized spacial score (nSPS) is 10.2. The second kappa shape index (κ2) is 5.91. The van der Waals surface area contributed by atoms with Crippen molar-refractivity contribution in [2.24, 2.45) is 0 Å². The van der Waals surface area contributed by atoms with Gasteiger partial charge in [-0.15, -0.1) is 0 Å². The SMILES string of the molecule is N#Cc1cc(F)c(NCCCc2ncn[nH]2)c(F)c1. The highest BCUT2D eigenvalue weighted by Crippen LogP contribution is 2.20. The number of benzene rings is 1. The van der Waals surface area contributed by atoms with Crippen molar-refractivity contribution >= 4 is 5.69 Å². The van der Waals surface area contributed by atoms with Crippen LogP contribution in [0.3, 0.4) is 0 Å². The first-order valence-corrected chi connectivity index (χ1v) is 5.68. The molecule has 7 heteroatoms. The predicted molar refractivity (Wildman–Crippen MR) is 64.3 cm³/mol. The molecule has 0 aliphatic carbocycles. The number of aryl methyl sites for hydroxylation is 1. The Morgan fingerprint density at radius 3 is 2.63 bits per heavy atom. The smallest absolute Gasteiger partial charge is 0.150 e. The summed E-state index contributed by atoms with van der Waals surface area (Å²) < 4.78 is 27.0. The zero-order chi connectivity index (χ0) is 13.7. The molecule has 0 fully saturated rings. The molecule has 1 heterocycles. The molecule has 5 nitrogen and oxygen atoms in total. The molecule has 0 amide bonds. The van der Waals surface area contributed by atoms with Gasteiger partial charge in [0.15, 0.2) is 11.6 Å². The number of rotatable bonds is 5. The van der Waals surface area contributed by atoms with Gasteiger partial charge in [0.2, 0.25) is 0 Å². The lowest BCUT2D eigenvalue weighted by Gasteiger charge is -2.08. The van der Waals surface area contributed by atoms with E-state index >= 15 is 0 Å². The van der Waals surface area contributed by atoms with Gasteiger partial charge in [0.25, 0.3) is 0 Å². The van der Waals surface area contributed by atoms with Crippen molar-refractivity contribution in [1.82, 2.24) is 15.2 Å². The summed E-state index contributed by atoms with van der Waals surface area (Å²) in [4.78, 5) is 3.94. The zero-order valence-corrected chi connectivity index (χ0v) is 9.95. The van der Waals surface area contributed by atoms with E-state index in [9.17, 15) is 8.78 Å². The lowest BCUT2D eigenvalue weighted by atomic mass is 10.2. The number of aromatic amines is 1. The summed E-state index contributed by atoms with van der Waals surface area (Å²) in [6.07, 6.45) is 2.68. The molecule has 1 aromatic heterocycles. The molecule has 0 radical (unpaired) electrons. The molecule has 2 aromatic rings. The lowest BCUT2D eigenvalue weighted by molar-refractivity contribution is 0.586. The van der Waals surface area contributed by atoms with Crippen LogP contribution >= 0.6 is 0 Å². The molecule has 0 unspecified atom stereocenters. The van der Waals surface area contributed by atoms with Gasteiger partial charge in [-0.25, -0.2) is 13.8 Å². The Bertz CT molecular complexity index is 566. The Morgan fingerprint density at radius 2 is 2.05 bits per heavy atom. The number of hydrogen-bond donors (Lipinski definition) is 2. The minimum absolute atomic E-state index is 0.0396. The van der Waals surface area contributed by atoms with Gasteiger partial charge in [0.05, 0.1) is 11.6 Å². The average Bonchev–Trinajstić information content (AvgIpc) is 2.89. The van der Waals surface area contributed by atoms with E-state index in [0.717, 1.165) is 18.0 Å². The first-order chi connectivity index (χ1) is 9.20. The van der Waals surface area contributed by atoms with Gasteiger partial charge in [-0.3, -0.25) is 5.10 Å². The monoisotopic (exact) mass is 263 g/mol. The molecule has 0 spiro atoms. The van der Waals surface area contributed by atoms with Gasteiger partial charge in [0.1, 0.15) is 17.8 Å². The van der Waals surface area contributed by atoms with Crippen LogP contribution in [0.15, 0.2) is 18.5 Å². The van der Waals surface area contributed by atoms with Gasteiger partial charge in [0, 0.05) is 13.0 Å². The number of nitrogens with one attached hydrogen (secondary N) is 2. The topological polar surface area (TPSA) is 77.4 Å². The summed E-state index contributed by atoms with van der Waals surface area (Å²) in [5, 5.41) is 17.7. The third-order valence-corrected chi connectivity index (χ3v) is 2.53. The molecular formula is C12H11F2N5. The van der Waals surface area contributed by atoms with E-state index in [1.807, 2.05) is 0 Å². The molecule has 0 aliphatic rings. The highest BCUT2D eigenvalue weighted by Gasteiger charge is 2.10. The van der Waals surface area contributed by atoms with Gasteiger partial charge < -0.3 is 5.32 Å². The third-order valence-electron chi connectivity index (χ3n) is 2.53. The summed E-state index contributed by atoms with van der Waals surface area (Å²) in [5.74, 6) is -0.810. The number of halogens is 2. The van der Waals surface area contributed by atoms with E-state index in [-0.39, 0.29) is 11.3 Å². The lowest BCUT2D eigenvalue weighted by Crippen LogP contribution is -2.07. The van der Waals surface area contributed by atoms with E-state index in [1.165, 1.54) is 6.33 Å². The summed E-state index contributed by atoms with van der Waals surface area (Å²) in [7, 11) is 0. The Hall–Kier alpha value is -2.49. The highest BCUT2D eigenvalue weighted by atomic mass is 19.1. The van der Waals surface area contributed by atoms with Crippen molar-refractivity contribution in [3.63, 3.8) is 0 Å². The van der Waals surface area contributed by atoms with Crippen LogP contribution in [0.1, 0.15) is 17.8 Å². The predicted octanol–water partition coefficient (Wildman–Crippen LogP) is 2.00. The number of H-pyrrole nitrogens is 1.